The maximum absolute atomic E-state index is 12.5. The van der Waals surface area contributed by atoms with Crippen molar-refractivity contribution in [2.24, 2.45) is 5.92 Å². The number of likely N-dealkylation sites (tertiary alicyclic amines) is 1. The minimum absolute atomic E-state index is 0.166. The molecular formula is C20H20Cl2N2O4S. The number of carbonyl (C=O) groups is 3. The molecule has 1 aliphatic rings. The van der Waals surface area contributed by atoms with E-state index in [4.69, 9.17) is 28.3 Å². The smallest absolute Gasteiger partial charge is 0.325 e. The van der Waals surface area contributed by atoms with Gasteiger partial charge in [0.1, 0.15) is 6.04 Å². The number of amides is 2. The van der Waals surface area contributed by atoms with Crippen LogP contribution < -0.4 is 5.32 Å². The van der Waals surface area contributed by atoms with E-state index in [0.717, 1.165) is 10.1 Å². The van der Waals surface area contributed by atoms with Gasteiger partial charge < -0.3 is 15.3 Å². The molecule has 0 radical (unpaired) electrons. The second kappa shape index (κ2) is 9.15. The minimum atomic E-state index is -1.07. The highest BCUT2D eigenvalue weighted by molar-refractivity contribution is 7.18. The van der Waals surface area contributed by atoms with Crippen LogP contribution in [0.2, 0.25) is 10.0 Å². The fourth-order valence-electron chi connectivity index (χ4n) is 3.21. The van der Waals surface area contributed by atoms with Gasteiger partial charge in [-0.1, -0.05) is 23.2 Å². The van der Waals surface area contributed by atoms with Crippen molar-refractivity contribution in [3.05, 3.63) is 39.2 Å². The van der Waals surface area contributed by atoms with Gasteiger partial charge in [-0.05, 0) is 54.3 Å². The number of thiophene rings is 1. The molecular weight excluding hydrogens is 435 g/mol. The Morgan fingerprint density at radius 2 is 1.97 bits per heavy atom. The Balaban J connectivity index is 1.59. The molecule has 0 aliphatic carbocycles. The van der Waals surface area contributed by atoms with Gasteiger partial charge in [0.05, 0.1) is 14.7 Å². The number of benzene rings is 1. The molecule has 1 fully saturated rings. The zero-order chi connectivity index (χ0) is 21.1. The van der Waals surface area contributed by atoms with E-state index in [1.165, 1.54) is 24.3 Å². The lowest BCUT2D eigenvalue weighted by Crippen LogP contribution is -2.46. The van der Waals surface area contributed by atoms with E-state index in [1.54, 1.807) is 11.0 Å². The van der Waals surface area contributed by atoms with Gasteiger partial charge in [-0.15, -0.1) is 11.3 Å². The van der Waals surface area contributed by atoms with Gasteiger partial charge in [-0.3, -0.25) is 14.4 Å². The number of aliphatic carboxylic acids is 1. The summed E-state index contributed by atoms with van der Waals surface area (Å²) in [5.74, 6) is -1.82. The van der Waals surface area contributed by atoms with Gasteiger partial charge in [-0.2, -0.15) is 0 Å². The lowest BCUT2D eigenvalue weighted by Gasteiger charge is -2.31. The van der Waals surface area contributed by atoms with Gasteiger partial charge in [0.15, 0.2) is 0 Å². The third-order valence-corrected chi connectivity index (χ3v) is 6.91. The van der Waals surface area contributed by atoms with Crippen molar-refractivity contribution in [2.45, 2.75) is 25.8 Å². The largest absolute Gasteiger partial charge is 0.480 e. The summed E-state index contributed by atoms with van der Waals surface area (Å²) in [6.45, 7) is 2.29. The van der Waals surface area contributed by atoms with Crippen molar-refractivity contribution in [3.63, 3.8) is 0 Å². The summed E-state index contributed by atoms with van der Waals surface area (Å²) in [5, 5.41) is 15.2. The maximum atomic E-state index is 12.5. The topological polar surface area (TPSA) is 86.7 Å². The van der Waals surface area contributed by atoms with Crippen LogP contribution in [0.25, 0.3) is 16.2 Å². The summed E-state index contributed by atoms with van der Waals surface area (Å²) < 4.78 is 0.915. The van der Waals surface area contributed by atoms with Crippen molar-refractivity contribution in [1.29, 1.82) is 0 Å². The van der Waals surface area contributed by atoms with E-state index in [2.05, 4.69) is 5.32 Å². The number of rotatable bonds is 5. The van der Waals surface area contributed by atoms with E-state index in [0.29, 0.717) is 41.5 Å². The number of halogens is 2. The van der Waals surface area contributed by atoms with Crippen molar-refractivity contribution >= 4 is 68.5 Å². The van der Waals surface area contributed by atoms with Gasteiger partial charge in [0.25, 0.3) is 0 Å². The summed E-state index contributed by atoms with van der Waals surface area (Å²) >= 11 is 14.2. The molecule has 0 unspecified atom stereocenters. The van der Waals surface area contributed by atoms with Crippen LogP contribution in [0.4, 0.5) is 0 Å². The van der Waals surface area contributed by atoms with Crippen LogP contribution in [0.5, 0.6) is 0 Å². The molecule has 1 atom stereocenters. The van der Waals surface area contributed by atoms with Gasteiger partial charge in [0, 0.05) is 25.1 Å². The number of carbonyl (C=O) groups excluding carboxylic acids is 2. The average molecular weight is 455 g/mol. The zero-order valence-corrected chi connectivity index (χ0v) is 18.0. The van der Waals surface area contributed by atoms with Gasteiger partial charge in [0.2, 0.25) is 11.8 Å². The highest BCUT2D eigenvalue weighted by Gasteiger charge is 2.28. The Labute approximate surface area is 182 Å². The number of nitrogens with one attached hydrogen (secondary N) is 1. The molecule has 2 amide bonds. The number of carboxylic acids is 1. The Morgan fingerprint density at radius 1 is 1.28 bits per heavy atom. The van der Waals surface area contributed by atoms with E-state index in [1.807, 2.05) is 17.5 Å². The zero-order valence-electron chi connectivity index (χ0n) is 15.7. The van der Waals surface area contributed by atoms with Crippen LogP contribution >= 0.6 is 34.5 Å². The first-order valence-corrected chi connectivity index (χ1v) is 10.8. The van der Waals surface area contributed by atoms with Gasteiger partial charge in [-0.25, -0.2) is 0 Å². The van der Waals surface area contributed by atoms with Crippen molar-refractivity contribution in [3.8, 4) is 0 Å². The minimum Gasteiger partial charge on any atom is -0.480 e. The number of fused-ring (bicyclic) bond motifs is 1. The molecule has 1 aromatic heterocycles. The molecule has 2 N–H and O–H groups in total. The number of hydrogen-bond donors (Lipinski definition) is 2. The molecule has 0 spiro atoms. The Hall–Kier alpha value is -2.09. The molecule has 6 nitrogen and oxygen atoms in total. The molecule has 1 aliphatic heterocycles. The quantitative estimate of drug-likeness (QED) is 0.667. The Bertz CT molecular complexity index is 980. The van der Waals surface area contributed by atoms with E-state index in [-0.39, 0.29) is 17.7 Å². The lowest BCUT2D eigenvalue weighted by atomic mass is 9.95. The highest BCUT2D eigenvalue weighted by Crippen LogP contribution is 2.37. The van der Waals surface area contributed by atoms with Crippen LogP contribution in [-0.2, 0) is 14.4 Å². The molecule has 29 heavy (non-hydrogen) atoms. The molecule has 154 valence electrons. The predicted octanol–water partition coefficient (Wildman–Crippen LogP) is 4.05. The number of carboxylic acid groups (broad SMARTS) is 1. The normalized spacial score (nSPS) is 16.3. The lowest BCUT2D eigenvalue weighted by molar-refractivity contribution is -0.142. The maximum Gasteiger partial charge on any atom is 0.325 e. The van der Waals surface area contributed by atoms with Crippen LogP contribution in [0.1, 0.15) is 25.3 Å². The first kappa shape index (κ1) is 21.6. The predicted molar refractivity (Wildman–Crippen MR) is 115 cm³/mol. The molecule has 1 aromatic carbocycles. The molecule has 0 saturated carbocycles. The molecule has 1 saturated heterocycles. The van der Waals surface area contributed by atoms with Crippen LogP contribution in [0.3, 0.4) is 0 Å². The first-order valence-electron chi connectivity index (χ1n) is 9.13. The van der Waals surface area contributed by atoms with E-state index in [9.17, 15) is 14.4 Å². The average Bonchev–Trinajstić information content (AvgIpc) is 3.18. The monoisotopic (exact) mass is 454 g/mol. The van der Waals surface area contributed by atoms with Gasteiger partial charge >= 0.3 is 5.97 Å². The standard InChI is InChI=1S/C20H20Cl2N2O4S/c1-11(20(27)28)23-19(26)12-4-7-24(8-5-12)15(25)3-2-13-10-14-6-9-29-18(14)17(22)16(13)21/h2-3,6,9-12H,4-5,7-8H2,1H3,(H,23,26)(H,27,28)/b3-2+/t11-/m0/s1. The summed E-state index contributed by atoms with van der Waals surface area (Å²) in [5.41, 5.74) is 0.674. The Morgan fingerprint density at radius 3 is 2.62 bits per heavy atom. The highest BCUT2D eigenvalue weighted by atomic mass is 35.5. The van der Waals surface area contributed by atoms with E-state index >= 15 is 0 Å². The van der Waals surface area contributed by atoms with Crippen LogP contribution in [0, 0.1) is 5.92 Å². The van der Waals surface area contributed by atoms with Crippen LogP contribution in [0.15, 0.2) is 23.6 Å². The van der Waals surface area contributed by atoms with Crippen molar-refractivity contribution in [2.75, 3.05) is 13.1 Å². The fraction of sp³-hybridized carbons (Fsp3) is 0.350. The van der Waals surface area contributed by atoms with Crippen molar-refractivity contribution < 1.29 is 19.5 Å². The number of piperidine rings is 1. The fourth-order valence-corrected chi connectivity index (χ4v) is 4.65. The third kappa shape index (κ3) is 4.91. The molecule has 2 heterocycles. The first-order chi connectivity index (χ1) is 13.8. The second-order valence-corrected chi connectivity index (χ2v) is 8.61. The van der Waals surface area contributed by atoms with E-state index < -0.39 is 12.0 Å². The molecule has 9 heteroatoms. The Kier molecular flexibility index (Phi) is 6.82. The van der Waals surface area contributed by atoms with Crippen molar-refractivity contribution in [1.82, 2.24) is 10.2 Å². The third-order valence-electron chi connectivity index (χ3n) is 4.96. The molecule has 0 bridgehead atoms. The van der Waals surface area contributed by atoms with Crippen LogP contribution in [-0.4, -0.2) is 46.9 Å². The summed E-state index contributed by atoms with van der Waals surface area (Å²) in [6.07, 6.45) is 4.10. The number of hydrogen-bond acceptors (Lipinski definition) is 4. The second-order valence-electron chi connectivity index (χ2n) is 6.93. The summed E-state index contributed by atoms with van der Waals surface area (Å²) in [7, 11) is 0. The number of nitrogens with zero attached hydrogens (tertiary/aromatic N) is 1. The summed E-state index contributed by atoms with van der Waals surface area (Å²) in [4.78, 5) is 37.2. The molecule has 3 rings (SSSR count). The summed E-state index contributed by atoms with van der Waals surface area (Å²) in [6, 6.07) is 2.91. The SMILES string of the molecule is C[C@H](NC(=O)C1CCN(C(=O)/C=C/c2cc3ccsc3c(Cl)c2Cl)CC1)C(=O)O. The molecule has 2 aromatic rings.